The number of amides is 1. The van der Waals surface area contributed by atoms with Gasteiger partial charge in [-0.15, -0.1) is 12.4 Å². The first-order chi connectivity index (χ1) is 7.15. The molecule has 0 radical (unpaired) electrons. The van der Waals surface area contributed by atoms with Gasteiger partial charge in [0.2, 0.25) is 5.91 Å². The second-order valence-corrected chi connectivity index (χ2v) is 3.67. The normalized spacial score (nSPS) is 13.4. The third kappa shape index (κ3) is 4.21. The third-order valence-electron chi connectivity index (χ3n) is 2.34. The molecule has 0 heterocycles. The molecular formula is C12H19ClN2O. The first-order valence-electron chi connectivity index (χ1n) is 5.26. The zero-order valence-electron chi connectivity index (χ0n) is 9.64. The molecule has 0 saturated carbocycles. The minimum atomic E-state index is -0.456. The fourth-order valence-corrected chi connectivity index (χ4v) is 1.41. The van der Waals surface area contributed by atoms with Crippen molar-refractivity contribution < 1.29 is 4.79 Å². The molecule has 0 bridgehead atoms. The van der Waals surface area contributed by atoms with Gasteiger partial charge in [0.25, 0.3) is 0 Å². The number of hydrogen-bond donors (Lipinski definition) is 2. The van der Waals surface area contributed by atoms with Gasteiger partial charge in [0.1, 0.15) is 0 Å². The molecule has 3 nitrogen and oxygen atoms in total. The van der Waals surface area contributed by atoms with Gasteiger partial charge < -0.3 is 11.1 Å². The summed E-state index contributed by atoms with van der Waals surface area (Å²) >= 11 is 0. The molecule has 1 unspecified atom stereocenters. The van der Waals surface area contributed by atoms with Crippen LogP contribution < -0.4 is 11.1 Å². The lowest BCUT2D eigenvalue weighted by Gasteiger charge is -2.18. The molecule has 0 saturated heterocycles. The van der Waals surface area contributed by atoms with Crippen molar-refractivity contribution in [3.05, 3.63) is 35.9 Å². The van der Waals surface area contributed by atoms with Crippen LogP contribution in [0.3, 0.4) is 0 Å². The Kier molecular flexibility index (Phi) is 6.77. The van der Waals surface area contributed by atoms with Crippen LogP contribution in [0, 0.1) is 0 Å². The Labute approximate surface area is 103 Å². The van der Waals surface area contributed by atoms with E-state index < -0.39 is 6.04 Å². The number of halogens is 1. The lowest BCUT2D eigenvalue weighted by molar-refractivity contribution is -0.122. The number of benzene rings is 1. The first kappa shape index (κ1) is 14.9. The highest BCUT2D eigenvalue weighted by Gasteiger charge is 2.14. The van der Waals surface area contributed by atoms with Gasteiger partial charge in [-0.2, -0.15) is 0 Å². The molecule has 0 aliphatic rings. The summed E-state index contributed by atoms with van der Waals surface area (Å²) < 4.78 is 0. The zero-order valence-corrected chi connectivity index (χ0v) is 10.5. The fourth-order valence-electron chi connectivity index (χ4n) is 1.41. The molecule has 0 aliphatic heterocycles. The van der Waals surface area contributed by atoms with E-state index in [0.29, 0.717) is 0 Å². The number of nitrogens with one attached hydrogen (secondary N) is 1. The summed E-state index contributed by atoms with van der Waals surface area (Å²) in [6.07, 6.45) is 0.864. The number of hydrogen-bond acceptors (Lipinski definition) is 2. The van der Waals surface area contributed by atoms with Gasteiger partial charge in [-0.1, -0.05) is 37.3 Å². The van der Waals surface area contributed by atoms with Crippen molar-refractivity contribution in [2.24, 2.45) is 5.73 Å². The van der Waals surface area contributed by atoms with Crippen molar-refractivity contribution >= 4 is 18.3 Å². The largest absolute Gasteiger partial charge is 0.348 e. The predicted octanol–water partition coefficient (Wildman–Crippen LogP) is 2.02. The number of carbonyl (C=O) groups is 1. The highest BCUT2D eigenvalue weighted by molar-refractivity contribution is 5.85. The van der Waals surface area contributed by atoms with E-state index >= 15 is 0 Å². The van der Waals surface area contributed by atoms with Gasteiger partial charge in [0.05, 0.1) is 12.1 Å². The minimum absolute atomic E-state index is 0. The average molecular weight is 243 g/mol. The van der Waals surface area contributed by atoms with Crippen molar-refractivity contribution in [2.45, 2.75) is 32.4 Å². The lowest BCUT2D eigenvalue weighted by Crippen LogP contribution is -2.40. The van der Waals surface area contributed by atoms with Crippen molar-refractivity contribution in [1.29, 1.82) is 0 Å². The summed E-state index contributed by atoms with van der Waals surface area (Å²) in [6, 6.07) is 9.52. The van der Waals surface area contributed by atoms with E-state index in [0.717, 1.165) is 12.0 Å². The summed E-state index contributed by atoms with van der Waals surface area (Å²) in [5.74, 6) is -0.106. The molecule has 1 amide bonds. The van der Waals surface area contributed by atoms with Gasteiger partial charge in [0, 0.05) is 0 Å². The standard InChI is InChI=1S/C12H18N2O.ClH/c1-3-11(14-12(15)9(2)13)10-7-5-4-6-8-10;/h4-9,11H,3,13H2,1-2H3,(H,14,15);1H/t9-,11?;/m1./s1. The Morgan fingerprint density at radius 1 is 1.38 bits per heavy atom. The average Bonchev–Trinajstić information content (AvgIpc) is 2.26. The van der Waals surface area contributed by atoms with Crippen molar-refractivity contribution in [2.75, 3.05) is 0 Å². The third-order valence-corrected chi connectivity index (χ3v) is 2.34. The molecule has 1 aromatic rings. The Balaban J connectivity index is 0.00000225. The van der Waals surface area contributed by atoms with Crippen LogP contribution in [-0.4, -0.2) is 11.9 Å². The molecule has 0 aliphatic carbocycles. The van der Waals surface area contributed by atoms with Crippen LogP contribution in [0.25, 0.3) is 0 Å². The second kappa shape index (κ2) is 7.25. The van der Waals surface area contributed by atoms with Crippen molar-refractivity contribution in [3.63, 3.8) is 0 Å². The molecule has 3 N–H and O–H groups in total. The highest BCUT2D eigenvalue weighted by Crippen LogP contribution is 2.15. The molecule has 16 heavy (non-hydrogen) atoms. The van der Waals surface area contributed by atoms with E-state index in [1.165, 1.54) is 0 Å². The smallest absolute Gasteiger partial charge is 0.237 e. The van der Waals surface area contributed by atoms with Crippen LogP contribution in [0.1, 0.15) is 31.9 Å². The number of nitrogens with two attached hydrogens (primary N) is 1. The SMILES string of the molecule is CCC(NC(=O)[C@@H](C)N)c1ccccc1.Cl. The maximum Gasteiger partial charge on any atom is 0.237 e. The van der Waals surface area contributed by atoms with E-state index in [1.54, 1.807) is 6.92 Å². The van der Waals surface area contributed by atoms with Crippen LogP contribution in [0.4, 0.5) is 0 Å². The number of rotatable bonds is 4. The molecule has 1 aromatic carbocycles. The first-order valence-corrected chi connectivity index (χ1v) is 5.26. The van der Waals surface area contributed by atoms with Crippen LogP contribution in [0.5, 0.6) is 0 Å². The molecule has 4 heteroatoms. The van der Waals surface area contributed by atoms with Crippen LogP contribution in [0.15, 0.2) is 30.3 Å². The predicted molar refractivity (Wildman–Crippen MR) is 68.5 cm³/mol. The summed E-state index contributed by atoms with van der Waals surface area (Å²) in [4.78, 5) is 11.4. The van der Waals surface area contributed by atoms with Crippen LogP contribution in [0.2, 0.25) is 0 Å². The Morgan fingerprint density at radius 3 is 2.38 bits per heavy atom. The van der Waals surface area contributed by atoms with Crippen LogP contribution in [-0.2, 0) is 4.79 Å². The van der Waals surface area contributed by atoms with Gasteiger partial charge in [-0.3, -0.25) is 4.79 Å². The summed E-state index contributed by atoms with van der Waals surface area (Å²) in [7, 11) is 0. The summed E-state index contributed by atoms with van der Waals surface area (Å²) in [6.45, 7) is 3.73. The molecule has 90 valence electrons. The zero-order chi connectivity index (χ0) is 11.3. The molecule has 0 spiro atoms. The van der Waals surface area contributed by atoms with Crippen molar-refractivity contribution in [1.82, 2.24) is 5.32 Å². The Bertz CT molecular complexity index is 314. The fraction of sp³-hybridized carbons (Fsp3) is 0.417. The topological polar surface area (TPSA) is 55.1 Å². The molecular weight excluding hydrogens is 224 g/mol. The van der Waals surface area contributed by atoms with E-state index in [9.17, 15) is 4.79 Å². The highest BCUT2D eigenvalue weighted by atomic mass is 35.5. The van der Waals surface area contributed by atoms with Crippen LogP contribution >= 0.6 is 12.4 Å². The maximum atomic E-state index is 11.4. The minimum Gasteiger partial charge on any atom is -0.348 e. The van der Waals surface area contributed by atoms with E-state index in [1.807, 2.05) is 37.3 Å². The molecule has 2 atom stereocenters. The van der Waals surface area contributed by atoms with Crippen molar-refractivity contribution in [3.8, 4) is 0 Å². The lowest BCUT2D eigenvalue weighted by atomic mass is 10.0. The molecule has 1 rings (SSSR count). The molecule has 0 aromatic heterocycles. The Hall–Kier alpha value is -1.06. The summed E-state index contributed by atoms with van der Waals surface area (Å²) in [5, 5.41) is 2.92. The molecule has 0 fully saturated rings. The van der Waals surface area contributed by atoms with Gasteiger partial charge in [-0.25, -0.2) is 0 Å². The van der Waals surface area contributed by atoms with E-state index in [4.69, 9.17) is 5.73 Å². The van der Waals surface area contributed by atoms with Gasteiger partial charge in [-0.05, 0) is 18.9 Å². The number of carbonyl (C=O) groups excluding carboxylic acids is 1. The van der Waals surface area contributed by atoms with E-state index in [2.05, 4.69) is 5.32 Å². The summed E-state index contributed by atoms with van der Waals surface area (Å²) in [5.41, 5.74) is 6.62. The monoisotopic (exact) mass is 242 g/mol. The Morgan fingerprint density at radius 2 is 1.94 bits per heavy atom. The van der Waals surface area contributed by atoms with Gasteiger partial charge in [0.15, 0.2) is 0 Å². The maximum absolute atomic E-state index is 11.4. The second-order valence-electron chi connectivity index (χ2n) is 3.67. The van der Waals surface area contributed by atoms with E-state index in [-0.39, 0.29) is 24.4 Å². The van der Waals surface area contributed by atoms with Gasteiger partial charge >= 0.3 is 0 Å². The quantitative estimate of drug-likeness (QED) is 0.849.